The molecule has 1 atom stereocenters. The summed E-state index contributed by atoms with van der Waals surface area (Å²) in [5, 5.41) is 3.02. The van der Waals surface area contributed by atoms with E-state index < -0.39 is 6.04 Å². The van der Waals surface area contributed by atoms with E-state index in [0.717, 1.165) is 22.3 Å². The molecule has 1 N–H and O–H groups in total. The predicted octanol–water partition coefficient (Wildman–Crippen LogP) is 4.71. The van der Waals surface area contributed by atoms with Gasteiger partial charge in [-0.15, -0.1) is 0 Å². The van der Waals surface area contributed by atoms with Crippen molar-refractivity contribution in [2.24, 2.45) is 0 Å². The molecule has 5 nitrogen and oxygen atoms in total. The van der Waals surface area contributed by atoms with E-state index in [1.165, 1.54) is 0 Å². The number of aryl methyl sites for hydroxylation is 3. The van der Waals surface area contributed by atoms with Crippen molar-refractivity contribution in [2.45, 2.75) is 73.0 Å². The average molecular weight is 425 g/mol. The molecular weight excluding hydrogens is 388 g/mol. The van der Waals surface area contributed by atoms with E-state index in [0.29, 0.717) is 18.7 Å². The van der Waals surface area contributed by atoms with Crippen LogP contribution in [0.3, 0.4) is 0 Å². The highest BCUT2D eigenvalue weighted by molar-refractivity contribution is 5.88. The maximum atomic E-state index is 13.3. The van der Waals surface area contributed by atoms with E-state index in [4.69, 9.17) is 4.74 Å². The lowest BCUT2D eigenvalue weighted by Gasteiger charge is -2.33. The molecule has 2 aromatic carbocycles. The van der Waals surface area contributed by atoms with Crippen molar-refractivity contribution in [3.8, 4) is 5.75 Å². The van der Waals surface area contributed by atoms with Crippen molar-refractivity contribution in [1.29, 1.82) is 0 Å². The highest BCUT2D eigenvalue weighted by Crippen LogP contribution is 2.20. The molecule has 2 rings (SSSR count). The Hall–Kier alpha value is -2.82. The van der Waals surface area contributed by atoms with Crippen LogP contribution in [0.2, 0.25) is 0 Å². The van der Waals surface area contributed by atoms with Crippen LogP contribution in [0.4, 0.5) is 0 Å². The number of nitrogens with one attached hydrogen (secondary N) is 1. The molecule has 0 saturated carbocycles. The largest absolute Gasteiger partial charge is 0.483 e. The third-order valence-corrected chi connectivity index (χ3v) is 5.01. The van der Waals surface area contributed by atoms with Crippen LogP contribution in [0.5, 0.6) is 5.75 Å². The van der Waals surface area contributed by atoms with Gasteiger partial charge in [-0.05, 0) is 70.7 Å². The SMILES string of the molecule is CCC(C(=O)NC(C)(C)C)N(Cc1cccc(C)c1)C(=O)COc1cc(C)ccc1C. The summed E-state index contributed by atoms with van der Waals surface area (Å²) in [6.45, 7) is 13.9. The van der Waals surface area contributed by atoms with Gasteiger partial charge in [-0.3, -0.25) is 9.59 Å². The maximum Gasteiger partial charge on any atom is 0.261 e. The molecule has 0 aromatic heterocycles. The summed E-state index contributed by atoms with van der Waals surface area (Å²) in [7, 11) is 0. The lowest BCUT2D eigenvalue weighted by Crippen LogP contribution is -2.54. The molecule has 168 valence electrons. The van der Waals surface area contributed by atoms with Crippen LogP contribution in [0.1, 0.15) is 56.4 Å². The van der Waals surface area contributed by atoms with Gasteiger partial charge in [0, 0.05) is 12.1 Å². The Bertz CT molecular complexity index is 915. The number of carbonyl (C=O) groups excluding carboxylic acids is 2. The highest BCUT2D eigenvalue weighted by atomic mass is 16.5. The summed E-state index contributed by atoms with van der Waals surface area (Å²) >= 11 is 0. The molecule has 1 unspecified atom stereocenters. The van der Waals surface area contributed by atoms with E-state index in [2.05, 4.69) is 5.32 Å². The Balaban J connectivity index is 2.27. The van der Waals surface area contributed by atoms with Crippen LogP contribution in [0.15, 0.2) is 42.5 Å². The summed E-state index contributed by atoms with van der Waals surface area (Å²) in [5.41, 5.74) is 3.77. The van der Waals surface area contributed by atoms with Crippen LogP contribution in [0, 0.1) is 20.8 Å². The topological polar surface area (TPSA) is 58.6 Å². The monoisotopic (exact) mass is 424 g/mol. The molecule has 0 bridgehead atoms. The molecule has 0 radical (unpaired) electrons. The van der Waals surface area contributed by atoms with Gasteiger partial charge in [-0.1, -0.05) is 48.9 Å². The van der Waals surface area contributed by atoms with Crippen LogP contribution in [-0.2, 0) is 16.1 Å². The third kappa shape index (κ3) is 7.42. The number of benzene rings is 2. The second-order valence-electron chi connectivity index (χ2n) is 9.23. The van der Waals surface area contributed by atoms with Gasteiger partial charge < -0.3 is 15.0 Å². The van der Waals surface area contributed by atoms with Gasteiger partial charge in [-0.2, -0.15) is 0 Å². The predicted molar refractivity (Wildman–Crippen MR) is 125 cm³/mol. The van der Waals surface area contributed by atoms with Gasteiger partial charge >= 0.3 is 0 Å². The number of nitrogens with zero attached hydrogens (tertiary/aromatic N) is 1. The molecule has 2 amide bonds. The van der Waals surface area contributed by atoms with Crippen LogP contribution in [-0.4, -0.2) is 34.9 Å². The molecule has 5 heteroatoms. The first kappa shape index (κ1) is 24.4. The number of carbonyl (C=O) groups is 2. The lowest BCUT2D eigenvalue weighted by atomic mass is 10.1. The average Bonchev–Trinajstić information content (AvgIpc) is 2.67. The summed E-state index contributed by atoms with van der Waals surface area (Å²) in [6, 6.07) is 13.3. The molecule has 0 aliphatic carbocycles. The molecule has 0 heterocycles. The summed E-state index contributed by atoms with van der Waals surface area (Å²) < 4.78 is 5.87. The van der Waals surface area contributed by atoms with Crippen LogP contribution < -0.4 is 10.1 Å². The number of ether oxygens (including phenoxy) is 1. The number of hydrogen-bond acceptors (Lipinski definition) is 3. The van der Waals surface area contributed by atoms with Crippen molar-refractivity contribution >= 4 is 11.8 Å². The Morgan fingerprint density at radius 1 is 1.03 bits per heavy atom. The van der Waals surface area contributed by atoms with Gasteiger partial charge in [0.15, 0.2) is 6.61 Å². The smallest absolute Gasteiger partial charge is 0.261 e. The quantitative estimate of drug-likeness (QED) is 0.667. The van der Waals surface area contributed by atoms with E-state index >= 15 is 0 Å². The minimum Gasteiger partial charge on any atom is -0.483 e. The minimum absolute atomic E-state index is 0.116. The Morgan fingerprint density at radius 3 is 2.32 bits per heavy atom. The van der Waals surface area contributed by atoms with Crippen molar-refractivity contribution in [3.63, 3.8) is 0 Å². The molecular formula is C26H36N2O3. The standard InChI is InChI=1S/C26H36N2O3/c1-8-22(25(30)27-26(5,6)7)28(16-21-11-9-10-18(2)14-21)24(29)17-31-23-15-19(3)12-13-20(23)4/h9-15,22H,8,16-17H2,1-7H3,(H,27,30). The zero-order valence-corrected chi connectivity index (χ0v) is 19.9. The van der Waals surface area contributed by atoms with Crippen LogP contribution in [0.25, 0.3) is 0 Å². The number of rotatable bonds is 8. The fourth-order valence-electron chi connectivity index (χ4n) is 3.46. The van der Waals surface area contributed by atoms with E-state index in [1.807, 2.05) is 90.9 Å². The molecule has 0 aliphatic rings. The van der Waals surface area contributed by atoms with Gasteiger partial charge in [0.25, 0.3) is 5.91 Å². The van der Waals surface area contributed by atoms with Gasteiger partial charge in [-0.25, -0.2) is 0 Å². The number of hydrogen-bond donors (Lipinski definition) is 1. The molecule has 0 fully saturated rings. The van der Waals surface area contributed by atoms with Gasteiger partial charge in [0.2, 0.25) is 5.91 Å². The Morgan fingerprint density at radius 2 is 1.71 bits per heavy atom. The first-order valence-corrected chi connectivity index (χ1v) is 10.9. The minimum atomic E-state index is -0.575. The van der Waals surface area contributed by atoms with Crippen molar-refractivity contribution in [2.75, 3.05) is 6.61 Å². The number of amides is 2. The summed E-state index contributed by atoms with van der Waals surface area (Å²) in [5.74, 6) is 0.331. The van der Waals surface area contributed by atoms with E-state index in [9.17, 15) is 9.59 Å². The maximum absolute atomic E-state index is 13.3. The molecule has 31 heavy (non-hydrogen) atoms. The first-order chi connectivity index (χ1) is 14.5. The van der Waals surface area contributed by atoms with Crippen molar-refractivity contribution in [3.05, 3.63) is 64.7 Å². The molecule has 2 aromatic rings. The fraction of sp³-hybridized carbons (Fsp3) is 0.462. The van der Waals surface area contributed by atoms with Gasteiger partial charge in [0.05, 0.1) is 0 Å². The zero-order chi connectivity index (χ0) is 23.2. The normalized spacial score (nSPS) is 12.2. The van der Waals surface area contributed by atoms with Crippen molar-refractivity contribution < 1.29 is 14.3 Å². The zero-order valence-electron chi connectivity index (χ0n) is 19.9. The van der Waals surface area contributed by atoms with Crippen LogP contribution >= 0.6 is 0 Å². The van der Waals surface area contributed by atoms with Gasteiger partial charge in [0.1, 0.15) is 11.8 Å². The summed E-state index contributed by atoms with van der Waals surface area (Å²) in [4.78, 5) is 28.0. The van der Waals surface area contributed by atoms with E-state index in [-0.39, 0.29) is 24.0 Å². The molecule has 0 saturated heterocycles. The second-order valence-corrected chi connectivity index (χ2v) is 9.23. The second kappa shape index (κ2) is 10.5. The Labute approximate surface area is 186 Å². The molecule has 0 spiro atoms. The van der Waals surface area contributed by atoms with Crippen molar-refractivity contribution in [1.82, 2.24) is 10.2 Å². The van der Waals surface area contributed by atoms with E-state index in [1.54, 1.807) is 4.90 Å². The fourth-order valence-corrected chi connectivity index (χ4v) is 3.46. The lowest BCUT2D eigenvalue weighted by molar-refractivity contribution is -0.143. The first-order valence-electron chi connectivity index (χ1n) is 10.9. The third-order valence-electron chi connectivity index (χ3n) is 5.01. The highest BCUT2D eigenvalue weighted by Gasteiger charge is 2.31. The molecule has 0 aliphatic heterocycles. The summed E-state index contributed by atoms with van der Waals surface area (Å²) in [6.07, 6.45) is 0.517. The Kier molecular flexibility index (Phi) is 8.26.